The van der Waals surface area contributed by atoms with E-state index in [1.54, 1.807) is 31.2 Å². The number of ether oxygens (including phenoxy) is 1. The van der Waals surface area contributed by atoms with Gasteiger partial charge in [0, 0.05) is 17.2 Å². The smallest absolute Gasteiger partial charge is 0.216 e. The maximum Gasteiger partial charge on any atom is 0.216 e. The molecular weight excluding hydrogens is 305 g/mol. The molecule has 1 N–H and O–H groups in total. The molecule has 118 valence electrons. The minimum absolute atomic E-state index is 0.141. The Morgan fingerprint density at radius 1 is 1.14 bits per heavy atom. The highest BCUT2D eigenvalue weighted by molar-refractivity contribution is 7.88. The molecule has 6 heteroatoms. The molecule has 4 nitrogen and oxygen atoms in total. The summed E-state index contributed by atoms with van der Waals surface area (Å²) in [6.07, 6.45) is 0. The molecule has 0 fully saturated rings. The molecule has 0 saturated carbocycles. The highest BCUT2D eigenvalue weighted by Crippen LogP contribution is 2.25. The Balaban J connectivity index is 2.16. The normalized spacial score (nSPS) is 12.9. The van der Waals surface area contributed by atoms with Gasteiger partial charge in [0.15, 0.2) is 0 Å². The Kier molecular flexibility index (Phi) is 5.15. The molecule has 22 heavy (non-hydrogen) atoms. The summed E-state index contributed by atoms with van der Waals surface area (Å²) in [5.74, 6) is -0.333. The van der Waals surface area contributed by atoms with Crippen molar-refractivity contribution in [3.63, 3.8) is 0 Å². The Labute approximate surface area is 130 Å². The molecule has 0 aromatic heterocycles. The molecule has 0 aliphatic heterocycles. The van der Waals surface area contributed by atoms with Gasteiger partial charge >= 0.3 is 0 Å². The van der Waals surface area contributed by atoms with E-state index in [-0.39, 0.29) is 5.56 Å². The second kappa shape index (κ2) is 6.89. The summed E-state index contributed by atoms with van der Waals surface area (Å²) >= 11 is 0. The van der Waals surface area contributed by atoms with Crippen LogP contribution in [0.1, 0.15) is 24.1 Å². The fraction of sp³-hybridized carbons (Fsp3) is 0.250. The molecule has 1 atom stereocenters. The summed E-state index contributed by atoms with van der Waals surface area (Å²) in [6, 6.07) is 12.5. The van der Waals surface area contributed by atoms with Crippen LogP contribution in [0.25, 0.3) is 0 Å². The molecule has 2 rings (SSSR count). The number of methoxy groups -OCH3 is 1. The second-order valence-electron chi connectivity index (χ2n) is 4.93. The van der Waals surface area contributed by atoms with Crippen LogP contribution in [0.3, 0.4) is 0 Å². The molecular formula is C16H18FNO3S. The SMILES string of the molecule is COc1ccccc1[C@H](C)NS(=O)(=O)Cc1ccccc1F. The first kappa shape index (κ1) is 16.5. The Morgan fingerprint density at radius 3 is 2.45 bits per heavy atom. The first-order valence-corrected chi connectivity index (χ1v) is 8.44. The number of nitrogens with one attached hydrogen (secondary N) is 1. The van der Waals surface area contributed by atoms with Crippen molar-refractivity contribution in [1.29, 1.82) is 0 Å². The molecule has 0 aliphatic carbocycles. The van der Waals surface area contributed by atoms with E-state index in [9.17, 15) is 12.8 Å². The van der Waals surface area contributed by atoms with E-state index in [0.29, 0.717) is 5.75 Å². The third kappa shape index (κ3) is 4.05. The van der Waals surface area contributed by atoms with Crippen molar-refractivity contribution in [3.05, 3.63) is 65.5 Å². The summed E-state index contributed by atoms with van der Waals surface area (Å²) in [6.45, 7) is 1.72. The van der Waals surface area contributed by atoms with Gasteiger partial charge < -0.3 is 4.74 Å². The van der Waals surface area contributed by atoms with E-state index >= 15 is 0 Å². The number of hydrogen-bond acceptors (Lipinski definition) is 3. The number of para-hydroxylation sites is 1. The van der Waals surface area contributed by atoms with Crippen LogP contribution < -0.4 is 9.46 Å². The first-order valence-electron chi connectivity index (χ1n) is 6.79. The van der Waals surface area contributed by atoms with Gasteiger partial charge in [-0.1, -0.05) is 36.4 Å². The summed E-state index contributed by atoms with van der Waals surface area (Å²) < 4.78 is 45.8. The fourth-order valence-electron chi connectivity index (χ4n) is 2.22. The van der Waals surface area contributed by atoms with Gasteiger partial charge in [0.25, 0.3) is 0 Å². The predicted octanol–water partition coefficient (Wildman–Crippen LogP) is 3.01. The van der Waals surface area contributed by atoms with Crippen molar-refractivity contribution in [3.8, 4) is 5.75 Å². The predicted molar refractivity (Wildman–Crippen MR) is 83.6 cm³/mol. The van der Waals surface area contributed by atoms with E-state index < -0.39 is 27.6 Å². The van der Waals surface area contributed by atoms with Crippen molar-refractivity contribution in [2.75, 3.05) is 7.11 Å². The van der Waals surface area contributed by atoms with E-state index in [1.165, 1.54) is 25.3 Å². The third-order valence-electron chi connectivity index (χ3n) is 3.27. The summed E-state index contributed by atoms with van der Waals surface area (Å²) in [4.78, 5) is 0. The van der Waals surface area contributed by atoms with Crippen LogP contribution >= 0.6 is 0 Å². The van der Waals surface area contributed by atoms with Crippen LogP contribution in [0.4, 0.5) is 4.39 Å². The Morgan fingerprint density at radius 2 is 1.77 bits per heavy atom. The highest BCUT2D eigenvalue weighted by Gasteiger charge is 2.20. The molecule has 0 radical (unpaired) electrons. The monoisotopic (exact) mass is 323 g/mol. The molecule has 0 unspecified atom stereocenters. The Hall–Kier alpha value is -1.92. The minimum atomic E-state index is -3.68. The van der Waals surface area contributed by atoms with Crippen LogP contribution in [0, 0.1) is 5.82 Å². The van der Waals surface area contributed by atoms with Crippen molar-refractivity contribution >= 4 is 10.0 Å². The van der Waals surface area contributed by atoms with Crippen molar-refractivity contribution in [2.45, 2.75) is 18.7 Å². The second-order valence-corrected chi connectivity index (χ2v) is 6.69. The zero-order valence-electron chi connectivity index (χ0n) is 12.4. The van der Waals surface area contributed by atoms with E-state index in [2.05, 4.69) is 4.72 Å². The molecule has 0 heterocycles. The van der Waals surface area contributed by atoms with Crippen molar-refractivity contribution in [1.82, 2.24) is 4.72 Å². The first-order chi connectivity index (χ1) is 10.4. The standard InChI is InChI=1S/C16H18FNO3S/c1-12(14-8-4-6-10-16(14)21-2)18-22(19,20)11-13-7-3-5-9-15(13)17/h3-10,12,18H,11H2,1-2H3/t12-/m0/s1. The van der Waals surface area contributed by atoms with Gasteiger partial charge in [-0.2, -0.15) is 0 Å². The lowest BCUT2D eigenvalue weighted by atomic mass is 10.1. The van der Waals surface area contributed by atoms with Crippen molar-refractivity contribution in [2.24, 2.45) is 0 Å². The molecule has 0 bridgehead atoms. The number of sulfonamides is 1. The van der Waals surface area contributed by atoms with E-state index in [0.717, 1.165) is 5.56 Å². The summed E-state index contributed by atoms with van der Waals surface area (Å²) in [5, 5.41) is 0. The van der Waals surface area contributed by atoms with Gasteiger partial charge in [0.1, 0.15) is 11.6 Å². The van der Waals surface area contributed by atoms with Crippen LogP contribution in [0.5, 0.6) is 5.75 Å². The zero-order chi connectivity index (χ0) is 16.2. The van der Waals surface area contributed by atoms with Gasteiger partial charge in [-0.3, -0.25) is 0 Å². The van der Waals surface area contributed by atoms with Crippen molar-refractivity contribution < 1.29 is 17.5 Å². The number of hydrogen-bond donors (Lipinski definition) is 1. The highest BCUT2D eigenvalue weighted by atomic mass is 32.2. The van der Waals surface area contributed by atoms with Gasteiger partial charge in [-0.05, 0) is 19.1 Å². The lowest BCUT2D eigenvalue weighted by molar-refractivity contribution is 0.405. The molecule has 0 aliphatic rings. The third-order valence-corrected chi connectivity index (χ3v) is 4.67. The lowest BCUT2D eigenvalue weighted by Gasteiger charge is -2.17. The van der Waals surface area contributed by atoms with Gasteiger partial charge in [0.05, 0.1) is 12.9 Å². The molecule has 2 aromatic carbocycles. The van der Waals surface area contributed by atoms with Crippen LogP contribution in [-0.2, 0) is 15.8 Å². The maximum absolute atomic E-state index is 13.6. The minimum Gasteiger partial charge on any atom is -0.496 e. The Bertz CT molecular complexity index is 747. The van der Waals surface area contributed by atoms with Gasteiger partial charge in [0.2, 0.25) is 10.0 Å². The van der Waals surface area contributed by atoms with Crippen LogP contribution in [0.2, 0.25) is 0 Å². The zero-order valence-corrected chi connectivity index (χ0v) is 13.2. The van der Waals surface area contributed by atoms with Gasteiger partial charge in [-0.25, -0.2) is 17.5 Å². The van der Waals surface area contributed by atoms with Gasteiger partial charge in [-0.15, -0.1) is 0 Å². The maximum atomic E-state index is 13.6. The van der Waals surface area contributed by atoms with E-state index in [1.807, 2.05) is 6.07 Å². The largest absolute Gasteiger partial charge is 0.496 e. The number of rotatable bonds is 6. The van der Waals surface area contributed by atoms with E-state index in [4.69, 9.17) is 4.74 Å². The topological polar surface area (TPSA) is 55.4 Å². The average Bonchev–Trinajstić information content (AvgIpc) is 2.49. The molecule has 0 amide bonds. The number of halogens is 1. The van der Waals surface area contributed by atoms with Crippen LogP contribution in [-0.4, -0.2) is 15.5 Å². The molecule has 2 aromatic rings. The van der Waals surface area contributed by atoms with Crippen LogP contribution in [0.15, 0.2) is 48.5 Å². The molecule has 0 saturated heterocycles. The summed E-state index contributed by atoms with van der Waals surface area (Å²) in [7, 11) is -2.15. The molecule has 0 spiro atoms. The fourth-order valence-corrected chi connectivity index (χ4v) is 3.61. The average molecular weight is 323 g/mol. The number of benzene rings is 2. The lowest BCUT2D eigenvalue weighted by Crippen LogP contribution is -2.28. The summed E-state index contributed by atoms with van der Waals surface area (Å²) in [5.41, 5.74) is 0.865. The quantitative estimate of drug-likeness (QED) is 0.889.